The van der Waals surface area contributed by atoms with Crippen molar-refractivity contribution in [3.8, 4) is 0 Å². The summed E-state index contributed by atoms with van der Waals surface area (Å²) in [6.45, 7) is -0.298. The summed E-state index contributed by atoms with van der Waals surface area (Å²) in [6.07, 6.45) is 0. The van der Waals surface area contributed by atoms with Crippen LogP contribution in [0.5, 0.6) is 0 Å². The second kappa shape index (κ2) is 7.14. The number of anilines is 4. The molecular formula is C18H17N3O5S. The number of hydrogen-bond acceptors (Lipinski definition) is 6. The lowest BCUT2D eigenvalue weighted by Crippen LogP contribution is -2.12. The number of carboxylic acid groups (broad SMARTS) is 1. The molecular weight excluding hydrogens is 370 g/mol. The SMILES string of the molecule is Nc1cc(NCC(=O)O)cc(Nc2c(S(=O)(=O)O)ccc3ccccc23)c1. The van der Waals surface area contributed by atoms with Gasteiger partial charge in [0.15, 0.2) is 0 Å². The molecule has 6 N–H and O–H groups in total. The molecule has 0 aromatic heterocycles. The molecule has 0 fully saturated rings. The predicted molar refractivity (Wildman–Crippen MR) is 104 cm³/mol. The minimum Gasteiger partial charge on any atom is -0.480 e. The van der Waals surface area contributed by atoms with Gasteiger partial charge in [-0.3, -0.25) is 9.35 Å². The van der Waals surface area contributed by atoms with Crippen LogP contribution in [-0.4, -0.2) is 30.6 Å². The van der Waals surface area contributed by atoms with Crippen molar-refractivity contribution in [3.63, 3.8) is 0 Å². The normalized spacial score (nSPS) is 11.3. The Balaban J connectivity index is 2.10. The van der Waals surface area contributed by atoms with Gasteiger partial charge in [-0.1, -0.05) is 30.3 Å². The summed E-state index contributed by atoms with van der Waals surface area (Å²) in [4.78, 5) is 10.5. The largest absolute Gasteiger partial charge is 0.480 e. The fourth-order valence-corrected chi connectivity index (χ4v) is 3.40. The first-order chi connectivity index (χ1) is 12.7. The monoisotopic (exact) mass is 387 g/mol. The molecule has 3 aromatic rings. The van der Waals surface area contributed by atoms with Crippen LogP contribution < -0.4 is 16.4 Å². The van der Waals surface area contributed by atoms with E-state index >= 15 is 0 Å². The van der Waals surface area contributed by atoms with Crippen LogP contribution in [0.15, 0.2) is 59.5 Å². The molecule has 27 heavy (non-hydrogen) atoms. The van der Waals surface area contributed by atoms with Crippen molar-refractivity contribution in [1.82, 2.24) is 0 Å². The summed E-state index contributed by atoms with van der Waals surface area (Å²) in [7, 11) is -4.47. The van der Waals surface area contributed by atoms with E-state index in [4.69, 9.17) is 10.8 Å². The molecule has 0 amide bonds. The molecule has 0 saturated heterocycles. The summed E-state index contributed by atoms with van der Waals surface area (Å²) in [5.41, 5.74) is 7.30. The first-order valence-corrected chi connectivity index (χ1v) is 9.30. The van der Waals surface area contributed by atoms with Crippen molar-refractivity contribution >= 4 is 49.6 Å². The maximum atomic E-state index is 11.8. The second-order valence-electron chi connectivity index (χ2n) is 5.85. The molecule has 0 atom stereocenters. The van der Waals surface area contributed by atoms with E-state index in [1.54, 1.807) is 36.4 Å². The highest BCUT2D eigenvalue weighted by Crippen LogP contribution is 2.34. The van der Waals surface area contributed by atoms with Crippen LogP contribution in [0.3, 0.4) is 0 Å². The highest BCUT2D eigenvalue weighted by atomic mass is 32.2. The van der Waals surface area contributed by atoms with Gasteiger partial charge in [-0.05, 0) is 29.7 Å². The van der Waals surface area contributed by atoms with E-state index < -0.39 is 16.1 Å². The number of hydrogen-bond donors (Lipinski definition) is 5. The molecule has 0 saturated carbocycles. The highest BCUT2D eigenvalue weighted by Gasteiger charge is 2.18. The first-order valence-electron chi connectivity index (χ1n) is 7.86. The molecule has 0 heterocycles. The van der Waals surface area contributed by atoms with Gasteiger partial charge in [-0.2, -0.15) is 8.42 Å². The van der Waals surface area contributed by atoms with Gasteiger partial charge < -0.3 is 21.5 Å². The highest BCUT2D eigenvalue weighted by molar-refractivity contribution is 7.86. The summed E-state index contributed by atoms with van der Waals surface area (Å²) >= 11 is 0. The lowest BCUT2D eigenvalue weighted by atomic mass is 10.1. The Hall–Kier alpha value is -3.30. The van der Waals surface area contributed by atoms with Gasteiger partial charge in [-0.15, -0.1) is 0 Å². The number of carboxylic acids is 1. The van der Waals surface area contributed by atoms with Crippen LogP contribution in [-0.2, 0) is 14.9 Å². The number of nitrogen functional groups attached to an aromatic ring is 1. The zero-order chi connectivity index (χ0) is 19.6. The van der Waals surface area contributed by atoms with Crippen molar-refractivity contribution in [1.29, 1.82) is 0 Å². The summed E-state index contributed by atoms with van der Waals surface area (Å²) in [5, 5.41) is 15.9. The Kier molecular flexibility index (Phi) is 4.89. The molecule has 0 aliphatic heterocycles. The predicted octanol–water partition coefficient (Wildman–Crippen LogP) is 2.91. The molecule has 3 rings (SSSR count). The number of nitrogens with one attached hydrogen (secondary N) is 2. The summed E-state index contributed by atoms with van der Waals surface area (Å²) < 4.78 is 33.2. The van der Waals surface area contributed by atoms with E-state index in [9.17, 15) is 17.8 Å². The second-order valence-corrected chi connectivity index (χ2v) is 7.24. The van der Waals surface area contributed by atoms with Gasteiger partial charge >= 0.3 is 5.97 Å². The smallest absolute Gasteiger partial charge is 0.322 e. The molecule has 9 heteroatoms. The van der Waals surface area contributed by atoms with Gasteiger partial charge in [0.05, 0.1) is 5.69 Å². The van der Waals surface area contributed by atoms with E-state index in [1.807, 2.05) is 12.1 Å². The maximum Gasteiger partial charge on any atom is 0.322 e. The Labute approximate surface area is 155 Å². The standard InChI is InChI=1S/C18H17N3O5S/c19-12-7-13(20-10-17(22)23)9-14(8-12)21-18-15-4-2-1-3-11(15)5-6-16(18)27(24,25)26/h1-9,20-21H,10,19H2,(H,22,23)(H,24,25,26). The number of aliphatic carboxylic acids is 1. The summed E-state index contributed by atoms with van der Waals surface area (Å²) in [6, 6.07) is 14.7. The molecule has 0 radical (unpaired) electrons. The van der Waals surface area contributed by atoms with Gasteiger partial charge in [0, 0.05) is 22.4 Å². The molecule has 8 nitrogen and oxygen atoms in total. The average Bonchev–Trinajstić information content (AvgIpc) is 2.59. The average molecular weight is 387 g/mol. The van der Waals surface area contributed by atoms with E-state index in [0.29, 0.717) is 22.4 Å². The fourth-order valence-electron chi connectivity index (χ4n) is 2.74. The lowest BCUT2D eigenvalue weighted by Gasteiger charge is -2.15. The van der Waals surface area contributed by atoms with E-state index in [-0.39, 0.29) is 17.1 Å². The first kappa shape index (κ1) is 18.5. The Morgan fingerprint density at radius 2 is 1.74 bits per heavy atom. The van der Waals surface area contributed by atoms with Crippen LogP contribution in [0.4, 0.5) is 22.7 Å². The minimum atomic E-state index is -4.47. The van der Waals surface area contributed by atoms with Crippen molar-refractivity contribution < 1.29 is 22.9 Å². The fraction of sp³-hybridized carbons (Fsp3) is 0.0556. The van der Waals surface area contributed by atoms with Crippen molar-refractivity contribution in [2.24, 2.45) is 0 Å². The molecule has 0 unspecified atom stereocenters. The van der Waals surface area contributed by atoms with Gasteiger partial charge in [0.2, 0.25) is 0 Å². The van der Waals surface area contributed by atoms with Crippen LogP contribution in [0.2, 0.25) is 0 Å². The van der Waals surface area contributed by atoms with Crippen LogP contribution >= 0.6 is 0 Å². The lowest BCUT2D eigenvalue weighted by molar-refractivity contribution is -0.134. The number of rotatable bonds is 6. The zero-order valence-electron chi connectivity index (χ0n) is 14.0. The van der Waals surface area contributed by atoms with Crippen LogP contribution in [0.25, 0.3) is 10.8 Å². The number of nitrogens with two attached hydrogens (primary N) is 1. The zero-order valence-corrected chi connectivity index (χ0v) is 14.8. The van der Waals surface area contributed by atoms with Gasteiger partial charge in [-0.25, -0.2) is 0 Å². The van der Waals surface area contributed by atoms with Gasteiger partial charge in [0.25, 0.3) is 10.1 Å². The van der Waals surface area contributed by atoms with E-state index in [0.717, 1.165) is 5.39 Å². The van der Waals surface area contributed by atoms with Crippen LogP contribution in [0, 0.1) is 0 Å². The Bertz CT molecular complexity index is 1130. The number of carbonyl (C=O) groups is 1. The third-order valence-corrected chi connectivity index (χ3v) is 4.73. The topological polar surface area (TPSA) is 142 Å². The maximum absolute atomic E-state index is 11.8. The molecule has 0 spiro atoms. The summed E-state index contributed by atoms with van der Waals surface area (Å²) in [5.74, 6) is -1.03. The third kappa shape index (κ3) is 4.27. The number of fused-ring (bicyclic) bond motifs is 1. The number of benzene rings is 3. The van der Waals surface area contributed by atoms with Crippen molar-refractivity contribution in [2.75, 3.05) is 22.9 Å². The molecule has 3 aromatic carbocycles. The van der Waals surface area contributed by atoms with Gasteiger partial charge in [0.1, 0.15) is 11.4 Å². The Morgan fingerprint density at radius 3 is 2.44 bits per heavy atom. The molecule has 0 bridgehead atoms. The van der Waals surface area contributed by atoms with Crippen LogP contribution in [0.1, 0.15) is 0 Å². The van der Waals surface area contributed by atoms with E-state index in [2.05, 4.69) is 10.6 Å². The third-order valence-electron chi connectivity index (χ3n) is 3.84. The molecule has 140 valence electrons. The van der Waals surface area contributed by atoms with E-state index in [1.165, 1.54) is 6.07 Å². The van der Waals surface area contributed by atoms with Crippen molar-refractivity contribution in [3.05, 3.63) is 54.6 Å². The Morgan fingerprint density at radius 1 is 1.04 bits per heavy atom. The quantitative estimate of drug-likeness (QED) is 0.321. The van der Waals surface area contributed by atoms with Crippen molar-refractivity contribution in [2.45, 2.75) is 4.90 Å². The molecule has 0 aliphatic carbocycles. The minimum absolute atomic E-state index is 0.199. The molecule has 0 aliphatic rings.